The van der Waals surface area contributed by atoms with Crippen LogP contribution >= 0.6 is 0 Å². The Morgan fingerprint density at radius 3 is 2.48 bits per heavy atom. The van der Waals surface area contributed by atoms with Crippen molar-refractivity contribution < 1.29 is 9.59 Å². The lowest BCUT2D eigenvalue weighted by Gasteiger charge is -2.34. The number of rotatable bonds is 3. The number of hydrogen-bond acceptors (Lipinski definition) is 2. The summed E-state index contributed by atoms with van der Waals surface area (Å²) < 4.78 is 0. The lowest BCUT2D eigenvalue weighted by molar-refractivity contribution is -0.131. The number of piperazine rings is 1. The van der Waals surface area contributed by atoms with Gasteiger partial charge < -0.3 is 14.8 Å². The number of hydrogen-bond donors (Lipinski definition) is 1. The Bertz CT molecular complexity index is 774. The van der Waals surface area contributed by atoms with E-state index in [1.807, 2.05) is 15.9 Å². The predicted molar refractivity (Wildman–Crippen MR) is 95.4 cm³/mol. The lowest BCUT2D eigenvalue weighted by Crippen LogP contribution is -2.51. The summed E-state index contributed by atoms with van der Waals surface area (Å²) in [6.07, 6.45) is 5.74. The van der Waals surface area contributed by atoms with Crippen molar-refractivity contribution in [3.05, 3.63) is 58.9 Å². The highest BCUT2D eigenvalue weighted by Gasteiger charge is 2.25. The third-order valence-electron chi connectivity index (χ3n) is 5.27. The molecule has 5 heteroatoms. The minimum absolute atomic E-state index is 0.00993. The second-order valence-corrected chi connectivity index (χ2v) is 6.89. The Labute approximate surface area is 147 Å². The van der Waals surface area contributed by atoms with E-state index < -0.39 is 0 Å². The quantitative estimate of drug-likeness (QED) is 0.932. The molecule has 0 unspecified atom stereocenters. The van der Waals surface area contributed by atoms with Gasteiger partial charge in [-0.05, 0) is 48.1 Å². The SMILES string of the molecule is O=C(Cc1ccc2c(c1)CCC2)N1CCN(C(=O)c2ccc[nH]2)CC1. The van der Waals surface area contributed by atoms with Crippen LogP contribution in [0.2, 0.25) is 0 Å². The number of aryl methyl sites for hydroxylation is 2. The first-order valence-electron chi connectivity index (χ1n) is 9.02. The molecule has 25 heavy (non-hydrogen) atoms. The number of carbonyl (C=O) groups excluding carboxylic acids is 2. The molecule has 1 aromatic heterocycles. The molecule has 1 saturated heterocycles. The summed E-state index contributed by atoms with van der Waals surface area (Å²) in [6, 6.07) is 10.1. The number of carbonyl (C=O) groups is 2. The number of nitrogens with one attached hydrogen (secondary N) is 1. The summed E-state index contributed by atoms with van der Waals surface area (Å²) in [4.78, 5) is 31.6. The van der Waals surface area contributed by atoms with Crippen molar-refractivity contribution in [2.24, 2.45) is 0 Å². The van der Waals surface area contributed by atoms with Crippen molar-refractivity contribution >= 4 is 11.8 Å². The molecule has 0 atom stereocenters. The highest BCUT2D eigenvalue weighted by molar-refractivity contribution is 5.92. The molecule has 1 N–H and O–H groups in total. The van der Waals surface area contributed by atoms with Crippen molar-refractivity contribution in [2.45, 2.75) is 25.7 Å². The van der Waals surface area contributed by atoms with E-state index in [4.69, 9.17) is 0 Å². The lowest BCUT2D eigenvalue weighted by atomic mass is 10.0. The van der Waals surface area contributed by atoms with Crippen LogP contribution < -0.4 is 0 Å². The smallest absolute Gasteiger partial charge is 0.270 e. The topological polar surface area (TPSA) is 56.4 Å². The summed E-state index contributed by atoms with van der Waals surface area (Å²) in [6.45, 7) is 2.40. The average molecular weight is 337 g/mol. The minimum atomic E-state index is 0.00993. The summed E-state index contributed by atoms with van der Waals surface area (Å²) in [5.74, 6) is 0.167. The van der Waals surface area contributed by atoms with Gasteiger partial charge in [-0.3, -0.25) is 9.59 Å². The molecule has 2 amide bonds. The summed E-state index contributed by atoms with van der Waals surface area (Å²) in [5.41, 5.74) is 4.56. The van der Waals surface area contributed by atoms with E-state index in [0.29, 0.717) is 38.3 Å². The van der Waals surface area contributed by atoms with Crippen LogP contribution in [-0.2, 0) is 24.1 Å². The Morgan fingerprint density at radius 1 is 0.960 bits per heavy atom. The maximum atomic E-state index is 12.6. The van der Waals surface area contributed by atoms with Crippen molar-refractivity contribution in [1.82, 2.24) is 14.8 Å². The maximum absolute atomic E-state index is 12.6. The molecule has 4 rings (SSSR count). The molecule has 2 aliphatic rings. The Hall–Kier alpha value is -2.56. The highest BCUT2D eigenvalue weighted by Crippen LogP contribution is 2.23. The van der Waals surface area contributed by atoms with Gasteiger partial charge in [0.15, 0.2) is 0 Å². The largest absolute Gasteiger partial charge is 0.357 e. The molecule has 0 bridgehead atoms. The number of aromatic nitrogens is 1. The second-order valence-electron chi connectivity index (χ2n) is 6.89. The third-order valence-corrected chi connectivity index (χ3v) is 5.27. The van der Waals surface area contributed by atoms with Crippen LogP contribution in [0.15, 0.2) is 36.5 Å². The monoisotopic (exact) mass is 337 g/mol. The third kappa shape index (κ3) is 3.31. The molecule has 0 spiro atoms. The van der Waals surface area contributed by atoms with E-state index in [1.165, 1.54) is 24.0 Å². The van der Waals surface area contributed by atoms with E-state index in [1.54, 1.807) is 12.3 Å². The molecule has 130 valence electrons. The highest BCUT2D eigenvalue weighted by atomic mass is 16.2. The standard InChI is InChI=1S/C20H23N3O2/c24-19(14-15-6-7-16-3-1-4-17(16)13-15)22-9-11-23(12-10-22)20(25)18-5-2-8-21-18/h2,5-8,13,21H,1,3-4,9-12,14H2. The van der Waals surface area contributed by atoms with E-state index in [9.17, 15) is 9.59 Å². The number of nitrogens with zero attached hydrogens (tertiary/aromatic N) is 2. The number of fused-ring (bicyclic) bond motifs is 1. The molecule has 2 aromatic rings. The van der Waals surface area contributed by atoms with Gasteiger partial charge in [-0.1, -0.05) is 18.2 Å². The van der Waals surface area contributed by atoms with E-state index in [0.717, 1.165) is 12.0 Å². The van der Waals surface area contributed by atoms with E-state index >= 15 is 0 Å². The fourth-order valence-corrected chi connectivity index (χ4v) is 3.81. The molecular formula is C20H23N3O2. The number of benzene rings is 1. The molecule has 1 fully saturated rings. The zero-order valence-electron chi connectivity index (χ0n) is 14.3. The van der Waals surface area contributed by atoms with Gasteiger partial charge in [-0.25, -0.2) is 0 Å². The van der Waals surface area contributed by atoms with Crippen LogP contribution in [0.4, 0.5) is 0 Å². The fraction of sp³-hybridized carbons (Fsp3) is 0.400. The maximum Gasteiger partial charge on any atom is 0.270 e. The summed E-state index contributed by atoms with van der Waals surface area (Å²) >= 11 is 0. The minimum Gasteiger partial charge on any atom is -0.357 e. The number of aromatic amines is 1. The summed E-state index contributed by atoms with van der Waals surface area (Å²) in [7, 11) is 0. The van der Waals surface area contributed by atoms with Gasteiger partial charge in [0.1, 0.15) is 5.69 Å². The van der Waals surface area contributed by atoms with Crippen molar-refractivity contribution in [3.8, 4) is 0 Å². The van der Waals surface area contributed by atoms with Crippen LogP contribution in [0, 0.1) is 0 Å². The van der Waals surface area contributed by atoms with Gasteiger partial charge in [-0.2, -0.15) is 0 Å². The predicted octanol–water partition coefficient (Wildman–Crippen LogP) is 2.03. The normalized spacial score (nSPS) is 16.8. The van der Waals surface area contributed by atoms with E-state index in [2.05, 4.69) is 23.2 Å². The van der Waals surface area contributed by atoms with E-state index in [-0.39, 0.29) is 11.8 Å². The summed E-state index contributed by atoms with van der Waals surface area (Å²) in [5, 5.41) is 0. The molecular weight excluding hydrogens is 314 g/mol. The van der Waals surface area contributed by atoms with Gasteiger partial charge in [0.25, 0.3) is 5.91 Å². The van der Waals surface area contributed by atoms with Crippen LogP contribution in [-0.4, -0.2) is 52.8 Å². The Morgan fingerprint density at radius 2 is 1.72 bits per heavy atom. The molecule has 0 radical (unpaired) electrons. The van der Waals surface area contributed by atoms with Crippen molar-refractivity contribution in [2.75, 3.05) is 26.2 Å². The number of H-pyrrole nitrogens is 1. The van der Waals surface area contributed by atoms with Gasteiger partial charge in [-0.15, -0.1) is 0 Å². The van der Waals surface area contributed by atoms with Gasteiger partial charge in [0.05, 0.1) is 6.42 Å². The fourth-order valence-electron chi connectivity index (χ4n) is 3.81. The van der Waals surface area contributed by atoms with Gasteiger partial charge >= 0.3 is 0 Å². The second kappa shape index (κ2) is 6.75. The Balaban J connectivity index is 1.33. The van der Waals surface area contributed by atoms with Crippen LogP contribution in [0.5, 0.6) is 0 Å². The van der Waals surface area contributed by atoms with Crippen molar-refractivity contribution in [1.29, 1.82) is 0 Å². The zero-order chi connectivity index (χ0) is 17.2. The first kappa shape index (κ1) is 15.9. The molecule has 1 aliphatic carbocycles. The zero-order valence-corrected chi connectivity index (χ0v) is 14.3. The molecule has 0 saturated carbocycles. The van der Waals surface area contributed by atoms with Crippen LogP contribution in [0.25, 0.3) is 0 Å². The van der Waals surface area contributed by atoms with Gasteiger partial charge in [0.2, 0.25) is 5.91 Å². The van der Waals surface area contributed by atoms with Gasteiger partial charge in [0, 0.05) is 32.4 Å². The average Bonchev–Trinajstić information content (AvgIpc) is 3.32. The van der Waals surface area contributed by atoms with Crippen LogP contribution in [0.1, 0.15) is 33.6 Å². The van der Waals surface area contributed by atoms with Crippen molar-refractivity contribution in [3.63, 3.8) is 0 Å². The molecule has 2 heterocycles. The molecule has 1 aromatic carbocycles. The molecule has 5 nitrogen and oxygen atoms in total. The first-order chi connectivity index (χ1) is 12.2. The van der Waals surface area contributed by atoms with Crippen LogP contribution in [0.3, 0.4) is 0 Å². The Kier molecular flexibility index (Phi) is 4.30. The first-order valence-corrected chi connectivity index (χ1v) is 9.02. The number of amides is 2. The molecule has 1 aliphatic heterocycles.